The van der Waals surface area contributed by atoms with Crippen molar-refractivity contribution in [3.05, 3.63) is 24.3 Å². The van der Waals surface area contributed by atoms with E-state index in [2.05, 4.69) is 19.9 Å². The average molecular weight is 365 g/mol. The average Bonchev–Trinajstić information content (AvgIpc) is 2.96. The molecule has 1 fully saturated rings. The van der Waals surface area contributed by atoms with Gasteiger partial charge in [0, 0.05) is 18.8 Å². The molecule has 0 bridgehead atoms. The van der Waals surface area contributed by atoms with Gasteiger partial charge in [-0.3, -0.25) is 9.59 Å². The molecule has 4 heteroatoms. The quantitative estimate of drug-likeness (QED) is 0.359. The van der Waals surface area contributed by atoms with E-state index < -0.39 is 12.1 Å². The maximum absolute atomic E-state index is 12.2. The Morgan fingerprint density at radius 2 is 2.04 bits per heavy atom. The van der Waals surface area contributed by atoms with Crippen molar-refractivity contribution >= 4 is 11.8 Å². The molecule has 0 heterocycles. The number of ketones is 1. The third-order valence-electron chi connectivity index (χ3n) is 5.46. The molecule has 4 unspecified atom stereocenters. The van der Waals surface area contributed by atoms with E-state index in [-0.39, 0.29) is 18.3 Å². The second-order valence-corrected chi connectivity index (χ2v) is 7.45. The number of carboxylic acids is 1. The molecule has 1 aliphatic carbocycles. The van der Waals surface area contributed by atoms with Crippen molar-refractivity contribution in [2.24, 2.45) is 17.8 Å². The van der Waals surface area contributed by atoms with Crippen molar-refractivity contribution in [2.75, 3.05) is 0 Å². The molecule has 0 aliphatic heterocycles. The van der Waals surface area contributed by atoms with Gasteiger partial charge in [-0.15, -0.1) is 0 Å². The molecule has 1 saturated carbocycles. The zero-order valence-corrected chi connectivity index (χ0v) is 16.4. The van der Waals surface area contributed by atoms with Crippen molar-refractivity contribution in [2.45, 2.75) is 84.2 Å². The van der Waals surface area contributed by atoms with Crippen LogP contribution in [0.5, 0.6) is 0 Å². The highest BCUT2D eigenvalue weighted by Crippen LogP contribution is 2.33. The lowest BCUT2D eigenvalue weighted by Crippen LogP contribution is -2.18. The van der Waals surface area contributed by atoms with E-state index in [1.165, 1.54) is 0 Å². The maximum Gasteiger partial charge on any atom is 0.303 e. The highest BCUT2D eigenvalue weighted by Gasteiger charge is 2.32. The Balaban J connectivity index is 2.49. The highest BCUT2D eigenvalue weighted by molar-refractivity contribution is 5.83. The van der Waals surface area contributed by atoms with Gasteiger partial charge in [-0.1, -0.05) is 57.4 Å². The lowest BCUT2D eigenvalue weighted by atomic mass is 9.89. The van der Waals surface area contributed by atoms with Crippen molar-refractivity contribution in [3.8, 4) is 0 Å². The molecule has 2 N–H and O–H groups in total. The standard InChI is InChI=1S/C22H36O4/c1-3-5-10-17(4-2)20(23)15-13-18-14-16-21(24)19(18)11-8-6-7-9-12-22(25)26/h6,8,13,15,17-20,23H,3-5,7,9-12,14,16H2,1-2H3,(H,25,26)/b8-6-,15-13+. The van der Waals surface area contributed by atoms with E-state index in [1.54, 1.807) is 0 Å². The summed E-state index contributed by atoms with van der Waals surface area (Å²) in [7, 11) is 0. The van der Waals surface area contributed by atoms with E-state index in [0.717, 1.165) is 38.5 Å². The number of carboxylic acid groups (broad SMARTS) is 1. The minimum Gasteiger partial charge on any atom is -0.481 e. The van der Waals surface area contributed by atoms with E-state index in [1.807, 2.05) is 18.2 Å². The van der Waals surface area contributed by atoms with Gasteiger partial charge in [0.2, 0.25) is 0 Å². The SMILES string of the molecule is CCCCC(CC)C(O)/C=C/C1CCC(=O)C1C/C=C\CCCC(=O)O. The lowest BCUT2D eigenvalue weighted by molar-refractivity contribution is -0.137. The summed E-state index contributed by atoms with van der Waals surface area (Å²) < 4.78 is 0. The van der Waals surface area contributed by atoms with Crippen molar-refractivity contribution in [1.82, 2.24) is 0 Å². The number of aliphatic carboxylic acids is 1. The first-order chi connectivity index (χ1) is 12.5. The molecular formula is C22H36O4. The monoisotopic (exact) mass is 364 g/mol. The summed E-state index contributed by atoms with van der Waals surface area (Å²) in [5, 5.41) is 19.1. The van der Waals surface area contributed by atoms with Crippen LogP contribution in [0, 0.1) is 17.8 Å². The number of hydrogen-bond donors (Lipinski definition) is 2. The summed E-state index contributed by atoms with van der Waals surface area (Å²) in [5.41, 5.74) is 0. The lowest BCUT2D eigenvalue weighted by Gasteiger charge is -2.19. The number of unbranched alkanes of at least 4 members (excludes halogenated alkanes) is 2. The van der Waals surface area contributed by atoms with Crippen molar-refractivity contribution in [1.29, 1.82) is 0 Å². The van der Waals surface area contributed by atoms with Gasteiger partial charge in [-0.2, -0.15) is 0 Å². The normalized spacial score (nSPS) is 23.1. The van der Waals surface area contributed by atoms with Crippen LogP contribution in [0.3, 0.4) is 0 Å². The molecule has 0 saturated heterocycles. The zero-order valence-electron chi connectivity index (χ0n) is 16.4. The van der Waals surface area contributed by atoms with Crippen LogP contribution < -0.4 is 0 Å². The van der Waals surface area contributed by atoms with E-state index in [4.69, 9.17) is 5.11 Å². The fourth-order valence-corrected chi connectivity index (χ4v) is 3.70. The summed E-state index contributed by atoms with van der Waals surface area (Å²) >= 11 is 0. The van der Waals surface area contributed by atoms with Gasteiger partial charge in [0.25, 0.3) is 0 Å². The third-order valence-corrected chi connectivity index (χ3v) is 5.46. The molecule has 0 radical (unpaired) electrons. The molecule has 148 valence electrons. The molecule has 0 spiro atoms. The smallest absolute Gasteiger partial charge is 0.303 e. The van der Waals surface area contributed by atoms with Gasteiger partial charge in [-0.25, -0.2) is 0 Å². The van der Waals surface area contributed by atoms with Gasteiger partial charge in [0.1, 0.15) is 5.78 Å². The van der Waals surface area contributed by atoms with E-state index in [9.17, 15) is 14.7 Å². The summed E-state index contributed by atoms with van der Waals surface area (Å²) in [4.78, 5) is 22.6. The van der Waals surface area contributed by atoms with Gasteiger partial charge in [0.05, 0.1) is 6.10 Å². The summed E-state index contributed by atoms with van der Waals surface area (Å²) in [6, 6.07) is 0. The summed E-state index contributed by atoms with van der Waals surface area (Å²) in [6.45, 7) is 4.29. The van der Waals surface area contributed by atoms with Crippen molar-refractivity contribution < 1.29 is 19.8 Å². The Kier molecular flexibility index (Phi) is 11.2. The molecule has 0 aromatic carbocycles. The number of carbonyl (C=O) groups excluding carboxylic acids is 1. The van der Waals surface area contributed by atoms with E-state index in [0.29, 0.717) is 31.0 Å². The number of carbonyl (C=O) groups is 2. The van der Waals surface area contributed by atoms with E-state index >= 15 is 0 Å². The summed E-state index contributed by atoms with van der Waals surface area (Å²) in [5.74, 6) is 0.0603. The first kappa shape index (κ1) is 22.6. The second kappa shape index (κ2) is 12.9. The Hall–Kier alpha value is -1.42. The minimum absolute atomic E-state index is 0.00453. The zero-order chi connectivity index (χ0) is 19.4. The molecule has 4 nitrogen and oxygen atoms in total. The molecule has 1 rings (SSSR count). The fourth-order valence-electron chi connectivity index (χ4n) is 3.70. The van der Waals surface area contributed by atoms with Crippen LogP contribution in [0.25, 0.3) is 0 Å². The molecule has 0 aromatic rings. The predicted molar refractivity (Wildman–Crippen MR) is 105 cm³/mol. The Labute approximate surface area is 158 Å². The van der Waals surface area contributed by atoms with Crippen LogP contribution in [0.15, 0.2) is 24.3 Å². The van der Waals surface area contributed by atoms with Crippen LogP contribution in [0.2, 0.25) is 0 Å². The van der Waals surface area contributed by atoms with Crippen LogP contribution in [-0.4, -0.2) is 28.1 Å². The van der Waals surface area contributed by atoms with Crippen LogP contribution in [0.1, 0.15) is 78.1 Å². The molecule has 4 atom stereocenters. The number of rotatable bonds is 13. The second-order valence-electron chi connectivity index (χ2n) is 7.45. The first-order valence-corrected chi connectivity index (χ1v) is 10.2. The van der Waals surface area contributed by atoms with Crippen LogP contribution in [-0.2, 0) is 9.59 Å². The highest BCUT2D eigenvalue weighted by atomic mass is 16.4. The Morgan fingerprint density at radius 1 is 1.27 bits per heavy atom. The van der Waals surface area contributed by atoms with Crippen LogP contribution in [0.4, 0.5) is 0 Å². The van der Waals surface area contributed by atoms with Gasteiger partial charge in [-0.05, 0) is 43.9 Å². The largest absolute Gasteiger partial charge is 0.481 e. The predicted octanol–water partition coefficient (Wildman–Crippen LogP) is 4.92. The van der Waals surface area contributed by atoms with Crippen molar-refractivity contribution in [3.63, 3.8) is 0 Å². The van der Waals surface area contributed by atoms with Gasteiger partial charge in [0.15, 0.2) is 0 Å². The Morgan fingerprint density at radius 3 is 2.69 bits per heavy atom. The molecule has 0 amide bonds. The molecular weight excluding hydrogens is 328 g/mol. The molecule has 0 aromatic heterocycles. The third kappa shape index (κ3) is 8.31. The summed E-state index contributed by atoms with van der Waals surface area (Å²) in [6.07, 6.45) is 15.6. The first-order valence-electron chi connectivity index (χ1n) is 10.2. The maximum atomic E-state index is 12.2. The fraction of sp³-hybridized carbons (Fsp3) is 0.727. The van der Waals surface area contributed by atoms with Gasteiger partial charge < -0.3 is 10.2 Å². The minimum atomic E-state index is -0.766. The molecule has 26 heavy (non-hydrogen) atoms. The van der Waals surface area contributed by atoms with Crippen LogP contribution >= 0.6 is 0 Å². The number of hydrogen-bond acceptors (Lipinski definition) is 3. The molecule has 1 aliphatic rings. The number of Topliss-reactive ketones (excluding diaryl/α,β-unsaturated/α-hetero) is 1. The topological polar surface area (TPSA) is 74.6 Å². The number of aliphatic hydroxyl groups excluding tert-OH is 1. The Bertz CT molecular complexity index is 481. The van der Waals surface area contributed by atoms with Gasteiger partial charge >= 0.3 is 5.97 Å². The number of aliphatic hydroxyl groups is 1. The number of allylic oxidation sites excluding steroid dienone is 3.